The number of amides is 1. The molecular formula is C13H20N4O3. The molecule has 0 aromatic carbocycles. The molecular weight excluding hydrogens is 260 g/mol. The van der Waals surface area contributed by atoms with Gasteiger partial charge >= 0.3 is 5.97 Å². The van der Waals surface area contributed by atoms with E-state index >= 15 is 0 Å². The van der Waals surface area contributed by atoms with Crippen molar-refractivity contribution >= 4 is 17.7 Å². The standard InChI is InChI=1S/C13H20N4O3/c1-3-14-12(18)10-6-7-11(17-16-10)15-8-4-5-9(2)13(19)20/h6-7,9H,3-5,8H2,1-2H3,(H,14,18)(H,15,17)(H,19,20). The summed E-state index contributed by atoms with van der Waals surface area (Å²) in [5.41, 5.74) is 0.275. The monoisotopic (exact) mass is 280 g/mol. The van der Waals surface area contributed by atoms with Gasteiger partial charge in [-0.1, -0.05) is 6.92 Å². The van der Waals surface area contributed by atoms with Crippen LogP contribution in [0.2, 0.25) is 0 Å². The highest BCUT2D eigenvalue weighted by Gasteiger charge is 2.10. The number of nitrogens with zero attached hydrogens (tertiary/aromatic N) is 2. The Labute approximate surface area is 117 Å². The number of aliphatic carboxylic acids is 1. The lowest BCUT2D eigenvalue weighted by atomic mass is 10.1. The van der Waals surface area contributed by atoms with Crippen LogP contribution in [0.25, 0.3) is 0 Å². The van der Waals surface area contributed by atoms with E-state index in [1.165, 1.54) is 0 Å². The van der Waals surface area contributed by atoms with Crippen LogP contribution in [-0.2, 0) is 4.79 Å². The predicted octanol–water partition coefficient (Wildman–Crippen LogP) is 1.14. The van der Waals surface area contributed by atoms with Gasteiger partial charge in [-0.3, -0.25) is 9.59 Å². The minimum atomic E-state index is -0.781. The average Bonchev–Trinajstić information content (AvgIpc) is 2.44. The molecule has 110 valence electrons. The number of nitrogens with one attached hydrogen (secondary N) is 2. The topological polar surface area (TPSA) is 104 Å². The number of hydrogen-bond acceptors (Lipinski definition) is 5. The molecule has 1 heterocycles. The summed E-state index contributed by atoms with van der Waals surface area (Å²) in [6.07, 6.45) is 1.33. The van der Waals surface area contributed by atoms with Crippen LogP contribution in [0.4, 0.5) is 5.82 Å². The summed E-state index contributed by atoms with van der Waals surface area (Å²) in [6, 6.07) is 3.28. The van der Waals surface area contributed by atoms with Crippen molar-refractivity contribution in [3.8, 4) is 0 Å². The lowest BCUT2D eigenvalue weighted by molar-refractivity contribution is -0.141. The van der Waals surface area contributed by atoms with Gasteiger partial charge in [-0.05, 0) is 31.9 Å². The number of carboxylic acids is 1. The number of carbonyl (C=O) groups excluding carboxylic acids is 1. The zero-order valence-electron chi connectivity index (χ0n) is 11.7. The van der Waals surface area contributed by atoms with E-state index in [0.717, 1.165) is 6.42 Å². The highest BCUT2D eigenvalue weighted by Crippen LogP contribution is 2.07. The molecule has 0 spiro atoms. The SMILES string of the molecule is CCNC(=O)c1ccc(NCCCC(C)C(=O)O)nn1. The second-order valence-electron chi connectivity index (χ2n) is 4.47. The summed E-state index contributed by atoms with van der Waals surface area (Å²) in [7, 11) is 0. The number of hydrogen-bond donors (Lipinski definition) is 3. The third-order valence-electron chi connectivity index (χ3n) is 2.78. The van der Waals surface area contributed by atoms with Gasteiger partial charge in [-0.2, -0.15) is 0 Å². The Hall–Kier alpha value is -2.18. The van der Waals surface area contributed by atoms with Crippen molar-refractivity contribution < 1.29 is 14.7 Å². The first-order chi connectivity index (χ1) is 9.54. The van der Waals surface area contributed by atoms with Gasteiger partial charge < -0.3 is 15.7 Å². The maximum Gasteiger partial charge on any atom is 0.306 e. The molecule has 0 fully saturated rings. The maximum absolute atomic E-state index is 11.5. The first-order valence-electron chi connectivity index (χ1n) is 6.63. The first kappa shape index (κ1) is 15.9. The molecule has 1 atom stereocenters. The van der Waals surface area contributed by atoms with E-state index < -0.39 is 5.97 Å². The minimum absolute atomic E-state index is 0.248. The van der Waals surface area contributed by atoms with Crippen molar-refractivity contribution in [3.05, 3.63) is 17.8 Å². The van der Waals surface area contributed by atoms with Crippen molar-refractivity contribution in [1.82, 2.24) is 15.5 Å². The van der Waals surface area contributed by atoms with Crippen LogP contribution in [-0.4, -0.2) is 40.3 Å². The van der Waals surface area contributed by atoms with Gasteiger partial charge in [0.05, 0.1) is 5.92 Å². The lowest BCUT2D eigenvalue weighted by Crippen LogP contribution is -2.24. The van der Waals surface area contributed by atoms with Crippen LogP contribution < -0.4 is 10.6 Å². The molecule has 0 bridgehead atoms. The van der Waals surface area contributed by atoms with Crippen molar-refractivity contribution in [2.24, 2.45) is 5.92 Å². The Morgan fingerprint density at radius 3 is 2.65 bits per heavy atom. The van der Waals surface area contributed by atoms with Crippen LogP contribution >= 0.6 is 0 Å². The van der Waals surface area contributed by atoms with Gasteiger partial charge in [-0.15, -0.1) is 10.2 Å². The molecule has 20 heavy (non-hydrogen) atoms. The number of anilines is 1. The quantitative estimate of drug-likeness (QED) is 0.617. The van der Waals surface area contributed by atoms with E-state index in [-0.39, 0.29) is 17.5 Å². The largest absolute Gasteiger partial charge is 0.481 e. The highest BCUT2D eigenvalue weighted by molar-refractivity contribution is 5.92. The van der Waals surface area contributed by atoms with E-state index in [9.17, 15) is 9.59 Å². The molecule has 1 rings (SSSR count). The zero-order chi connectivity index (χ0) is 15.0. The van der Waals surface area contributed by atoms with E-state index in [2.05, 4.69) is 20.8 Å². The lowest BCUT2D eigenvalue weighted by Gasteiger charge is -2.07. The molecule has 1 aromatic heterocycles. The van der Waals surface area contributed by atoms with Gasteiger partial charge in [0.15, 0.2) is 5.69 Å². The zero-order valence-corrected chi connectivity index (χ0v) is 11.7. The Bertz CT molecular complexity index is 447. The fraction of sp³-hybridized carbons (Fsp3) is 0.538. The molecule has 1 aromatic rings. The minimum Gasteiger partial charge on any atom is -0.481 e. The third-order valence-corrected chi connectivity index (χ3v) is 2.78. The normalized spacial score (nSPS) is 11.7. The summed E-state index contributed by atoms with van der Waals surface area (Å²) in [6.45, 7) is 4.68. The molecule has 1 unspecified atom stereocenters. The smallest absolute Gasteiger partial charge is 0.306 e. The molecule has 0 saturated heterocycles. The fourth-order valence-corrected chi connectivity index (χ4v) is 1.55. The average molecular weight is 280 g/mol. The second-order valence-corrected chi connectivity index (χ2v) is 4.47. The van der Waals surface area contributed by atoms with Gasteiger partial charge in [-0.25, -0.2) is 0 Å². The summed E-state index contributed by atoms with van der Waals surface area (Å²) < 4.78 is 0. The van der Waals surface area contributed by atoms with E-state index in [1.807, 2.05) is 6.92 Å². The van der Waals surface area contributed by atoms with Gasteiger partial charge in [0.25, 0.3) is 5.91 Å². The molecule has 7 nitrogen and oxygen atoms in total. The number of carboxylic acid groups (broad SMARTS) is 1. The fourth-order valence-electron chi connectivity index (χ4n) is 1.55. The Kier molecular flexibility index (Phi) is 6.42. The molecule has 0 aliphatic heterocycles. The van der Waals surface area contributed by atoms with Gasteiger partial charge in [0.2, 0.25) is 0 Å². The van der Waals surface area contributed by atoms with E-state index in [1.54, 1.807) is 19.1 Å². The van der Waals surface area contributed by atoms with E-state index in [0.29, 0.717) is 25.3 Å². The molecule has 0 saturated carbocycles. The Morgan fingerprint density at radius 2 is 2.10 bits per heavy atom. The molecule has 1 amide bonds. The molecule has 0 aliphatic rings. The van der Waals surface area contributed by atoms with Crippen molar-refractivity contribution in [1.29, 1.82) is 0 Å². The number of carbonyl (C=O) groups is 2. The summed E-state index contributed by atoms with van der Waals surface area (Å²) in [5, 5.41) is 22.1. The van der Waals surface area contributed by atoms with Crippen LogP contribution in [0.15, 0.2) is 12.1 Å². The van der Waals surface area contributed by atoms with Crippen molar-refractivity contribution in [2.75, 3.05) is 18.4 Å². The second kappa shape index (κ2) is 8.08. The van der Waals surface area contributed by atoms with Crippen LogP contribution in [0.3, 0.4) is 0 Å². The molecule has 0 radical (unpaired) electrons. The molecule has 7 heteroatoms. The van der Waals surface area contributed by atoms with E-state index in [4.69, 9.17) is 5.11 Å². The predicted molar refractivity (Wildman–Crippen MR) is 74.6 cm³/mol. The molecule has 0 aliphatic carbocycles. The van der Waals surface area contributed by atoms with Crippen LogP contribution in [0.1, 0.15) is 37.2 Å². The van der Waals surface area contributed by atoms with Crippen molar-refractivity contribution in [2.45, 2.75) is 26.7 Å². The van der Waals surface area contributed by atoms with Gasteiger partial charge in [0.1, 0.15) is 5.82 Å². The Balaban J connectivity index is 2.35. The van der Waals surface area contributed by atoms with Gasteiger partial charge in [0, 0.05) is 13.1 Å². The summed E-state index contributed by atoms with van der Waals surface area (Å²) >= 11 is 0. The van der Waals surface area contributed by atoms with Crippen LogP contribution in [0.5, 0.6) is 0 Å². The number of rotatable bonds is 8. The molecule has 3 N–H and O–H groups in total. The maximum atomic E-state index is 11.5. The van der Waals surface area contributed by atoms with Crippen molar-refractivity contribution in [3.63, 3.8) is 0 Å². The third kappa shape index (κ3) is 5.21. The highest BCUT2D eigenvalue weighted by atomic mass is 16.4. The number of aromatic nitrogens is 2. The first-order valence-corrected chi connectivity index (χ1v) is 6.63. The Morgan fingerprint density at radius 1 is 1.35 bits per heavy atom. The van der Waals surface area contributed by atoms with Crippen LogP contribution in [0, 0.1) is 5.92 Å². The summed E-state index contributed by atoms with van der Waals surface area (Å²) in [5.74, 6) is -0.804. The summed E-state index contributed by atoms with van der Waals surface area (Å²) in [4.78, 5) is 22.1.